The molecule has 1 N–H and O–H groups in total. The summed E-state index contributed by atoms with van der Waals surface area (Å²) < 4.78 is 44.0. The molecule has 0 amide bonds. The molecule has 1 aromatic heterocycles. The summed E-state index contributed by atoms with van der Waals surface area (Å²) in [4.78, 5) is 3.71. The molecule has 1 saturated heterocycles. The van der Waals surface area contributed by atoms with Gasteiger partial charge in [-0.2, -0.15) is 13.2 Å². The van der Waals surface area contributed by atoms with E-state index in [1.54, 1.807) is 0 Å². The monoisotopic (exact) mass is 338 g/mol. The predicted molar refractivity (Wildman–Crippen MR) is 68.1 cm³/mol. The van der Waals surface area contributed by atoms with Crippen LogP contribution in [0.3, 0.4) is 0 Å². The third-order valence-electron chi connectivity index (χ3n) is 2.96. The van der Waals surface area contributed by atoms with E-state index >= 15 is 0 Å². The molecule has 3 nitrogen and oxygen atoms in total. The lowest BCUT2D eigenvalue weighted by Crippen LogP contribution is -2.38. The zero-order chi connectivity index (χ0) is 13.9. The topological polar surface area (TPSA) is 34.1 Å². The maximum Gasteiger partial charge on any atom is 0.421 e. The van der Waals surface area contributed by atoms with Crippen LogP contribution in [0, 0.1) is 0 Å². The van der Waals surface area contributed by atoms with Crippen LogP contribution in [0.2, 0.25) is 0 Å². The minimum absolute atomic E-state index is 0.0975. The van der Waals surface area contributed by atoms with Gasteiger partial charge in [-0.15, -0.1) is 0 Å². The Morgan fingerprint density at radius 2 is 2.21 bits per heavy atom. The number of ether oxygens (including phenoxy) is 1. The Bertz CT molecular complexity index is 433. The highest BCUT2D eigenvalue weighted by atomic mass is 79.9. The van der Waals surface area contributed by atoms with E-state index in [0.717, 1.165) is 31.9 Å². The van der Waals surface area contributed by atoms with Gasteiger partial charge in [0, 0.05) is 16.7 Å². The molecule has 1 aromatic rings. The standard InChI is InChI=1S/C12H14BrF3N2O/c13-8-5-10(12(14,15)16)11(18-6-8)19-7-9-3-1-2-4-17-9/h5-6,9,17H,1-4,7H2. The van der Waals surface area contributed by atoms with E-state index in [1.807, 2.05) is 0 Å². The average molecular weight is 339 g/mol. The first-order valence-corrected chi connectivity index (χ1v) is 6.85. The molecule has 0 aromatic carbocycles. The summed E-state index contributed by atoms with van der Waals surface area (Å²) in [6, 6.07) is 1.08. The van der Waals surface area contributed by atoms with Crippen molar-refractivity contribution in [1.29, 1.82) is 0 Å². The molecule has 0 saturated carbocycles. The van der Waals surface area contributed by atoms with E-state index in [1.165, 1.54) is 6.20 Å². The SMILES string of the molecule is FC(F)(F)c1cc(Br)cnc1OCC1CCCCN1. The average Bonchev–Trinajstić information content (AvgIpc) is 2.37. The summed E-state index contributed by atoms with van der Waals surface area (Å²) >= 11 is 2.99. The van der Waals surface area contributed by atoms with Crippen molar-refractivity contribution in [3.05, 3.63) is 22.3 Å². The Balaban J connectivity index is 2.06. The smallest absolute Gasteiger partial charge is 0.421 e. The summed E-state index contributed by atoms with van der Waals surface area (Å²) in [5, 5.41) is 3.22. The van der Waals surface area contributed by atoms with Gasteiger partial charge in [-0.3, -0.25) is 0 Å². The molecule has 1 aliphatic rings. The van der Waals surface area contributed by atoms with Gasteiger partial charge < -0.3 is 10.1 Å². The number of nitrogens with one attached hydrogen (secondary N) is 1. The highest BCUT2D eigenvalue weighted by Crippen LogP contribution is 2.36. The highest BCUT2D eigenvalue weighted by Gasteiger charge is 2.35. The van der Waals surface area contributed by atoms with Crippen molar-refractivity contribution in [3.63, 3.8) is 0 Å². The first-order valence-electron chi connectivity index (χ1n) is 6.06. The van der Waals surface area contributed by atoms with Crippen LogP contribution in [0.4, 0.5) is 13.2 Å². The number of aromatic nitrogens is 1. The van der Waals surface area contributed by atoms with E-state index in [2.05, 4.69) is 26.2 Å². The molecule has 106 valence electrons. The van der Waals surface area contributed by atoms with Gasteiger partial charge in [0.15, 0.2) is 0 Å². The fourth-order valence-corrected chi connectivity index (χ4v) is 2.32. The van der Waals surface area contributed by atoms with E-state index < -0.39 is 11.7 Å². The zero-order valence-electron chi connectivity index (χ0n) is 10.1. The van der Waals surface area contributed by atoms with Gasteiger partial charge in [-0.25, -0.2) is 4.98 Å². The van der Waals surface area contributed by atoms with Crippen LogP contribution in [-0.2, 0) is 6.18 Å². The second-order valence-electron chi connectivity index (χ2n) is 4.46. The Morgan fingerprint density at radius 1 is 1.42 bits per heavy atom. The van der Waals surface area contributed by atoms with Crippen molar-refractivity contribution < 1.29 is 17.9 Å². The third-order valence-corrected chi connectivity index (χ3v) is 3.39. The van der Waals surface area contributed by atoms with Crippen molar-refractivity contribution in [3.8, 4) is 5.88 Å². The number of pyridine rings is 1. The van der Waals surface area contributed by atoms with Gasteiger partial charge in [0.05, 0.1) is 0 Å². The lowest BCUT2D eigenvalue weighted by Gasteiger charge is -2.23. The highest BCUT2D eigenvalue weighted by molar-refractivity contribution is 9.10. The molecule has 0 aliphatic carbocycles. The molecule has 0 spiro atoms. The molecule has 0 bridgehead atoms. The van der Waals surface area contributed by atoms with Crippen LogP contribution in [0.5, 0.6) is 5.88 Å². The molecule has 1 aliphatic heterocycles. The van der Waals surface area contributed by atoms with Gasteiger partial charge in [0.25, 0.3) is 0 Å². The predicted octanol–water partition coefficient (Wildman–Crippen LogP) is 3.38. The van der Waals surface area contributed by atoms with Gasteiger partial charge in [0.2, 0.25) is 5.88 Å². The summed E-state index contributed by atoms with van der Waals surface area (Å²) in [7, 11) is 0. The molecule has 0 radical (unpaired) electrons. The molecule has 1 fully saturated rings. The van der Waals surface area contributed by atoms with Crippen molar-refractivity contribution in [2.45, 2.75) is 31.5 Å². The number of rotatable bonds is 3. The second kappa shape index (κ2) is 6.09. The van der Waals surface area contributed by atoms with E-state index in [0.29, 0.717) is 0 Å². The van der Waals surface area contributed by atoms with Crippen LogP contribution in [0.15, 0.2) is 16.7 Å². The normalized spacial score (nSPS) is 20.3. The molecular formula is C12H14BrF3N2O. The zero-order valence-corrected chi connectivity index (χ0v) is 11.7. The quantitative estimate of drug-likeness (QED) is 0.917. The molecule has 1 unspecified atom stereocenters. The largest absolute Gasteiger partial charge is 0.476 e. The minimum Gasteiger partial charge on any atom is -0.476 e. The van der Waals surface area contributed by atoms with Crippen molar-refractivity contribution in [2.24, 2.45) is 0 Å². The van der Waals surface area contributed by atoms with Crippen LogP contribution >= 0.6 is 15.9 Å². The van der Waals surface area contributed by atoms with Crippen molar-refractivity contribution in [2.75, 3.05) is 13.2 Å². The Morgan fingerprint density at radius 3 is 2.84 bits per heavy atom. The lowest BCUT2D eigenvalue weighted by molar-refractivity contribution is -0.139. The van der Waals surface area contributed by atoms with Crippen LogP contribution in [0.25, 0.3) is 0 Å². The number of hydrogen-bond donors (Lipinski definition) is 1. The third kappa shape index (κ3) is 4.07. The summed E-state index contributed by atoms with van der Waals surface area (Å²) in [6.45, 7) is 1.09. The van der Waals surface area contributed by atoms with Crippen LogP contribution in [0.1, 0.15) is 24.8 Å². The van der Waals surface area contributed by atoms with Gasteiger partial charge in [-0.1, -0.05) is 6.42 Å². The number of hydrogen-bond acceptors (Lipinski definition) is 3. The minimum atomic E-state index is -4.47. The van der Waals surface area contributed by atoms with Gasteiger partial charge in [-0.05, 0) is 41.4 Å². The molecule has 2 rings (SSSR count). The number of alkyl halides is 3. The van der Waals surface area contributed by atoms with E-state index in [9.17, 15) is 13.2 Å². The summed E-state index contributed by atoms with van der Waals surface area (Å²) in [6.07, 6.45) is -0.0788. The fraction of sp³-hybridized carbons (Fsp3) is 0.583. The van der Waals surface area contributed by atoms with Gasteiger partial charge in [0.1, 0.15) is 12.2 Å². The lowest BCUT2D eigenvalue weighted by atomic mass is 10.1. The van der Waals surface area contributed by atoms with Crippen molar-refractivity contribution in [1.82, 2.24) is 10.3 Å². The molecule has 19 heavy (non-hydrogen) atoms. The molecule has 2 heterocycles. The maximum absolute atomic E-state index is 12.8. The van der Waals surface area contributed by atoms with Crippen LogP contribution < -0.4 is 10.1 Å². The van der Waals surface area contributed by atoms with Gasteiger partial charge >= 0.3 is 6.18 Å². The Kier molecular flexibility index (Phi) is 4.67. The molecule has 7 heteroatoms. The number of piperidine rings is 1. The molecule has 1 atom stereocenters. The fourth-order valence-electron chi connectivity index (χ4n) is 1.99. The van der Waals surface area contributed by atoms with E-state index in [4.69, 9.17) is 4.74 Å². The second-order valence-corrected chi connectivity index (χ2v) is 5.38. The Labute approximate surface area is 117 Å². The number of nitrogens with zero attached hydrogens (tertiary/aromatic N) is 1. The summed E-state index contributed by atoms with van der Waals surface area (Å²) in [5.74, 6) is -0.358. The van der Waals surface area contributed by atoms with Crippen LogP contribution in [-0.4, -0.2) is 24.2 Å². The number of halogens is 4. The Hall–Kier alpha value is -0.820. The van der Waals surface area contributed by atoms with E-state index in [-0.39, 0.29) is 23.0 Å². The first kappa shape index (κ1) is 14.6. The maximum atomic E-state index is 12.8. The summed E-state index contributed by atoms with van der Waals surface area (Å²) in [5.41, 5.74) is -0.849. The first-order chi connectivity index (χ1) is 8.97. The molecular weight excluding hydrogens is 325 g/mol. The van der Waals surface area contributed by atoms with Crippen molar-refractivity contribution >= 4 is 15.9 Å².